The maximum atomic E-state index is 13.2. The van der Waals surface area contributed by atoms with Gasteiger partial charge in [-0.2, -0.15) is 0 Å². The predicted octanol–water partition coefficient (Wildman–Crippen LogP) is 6.80. The van der Waals surface area contributed by atoms with Crippen LogP contribution in [0.2, 0.25) is 0 Å². The lowest BCUT2D eigenvalue weighted by atomic mass is 9.46. The van der Waals surface area contributed by atoms with Gasteiger partial charge in [0.1, 0.15) is 5.60 Å². The standard InChI is InChI=1S/C29H44O4/c1-7-29(33-32,18(2)3)15-10-19(4)22-8-9-23-21-17-26(31)25-16-20(30)11-13-28(25,6)24(21)12-14-27(22,23)5/h7,16,18-19,21-24,32H,1,8-15,17H2,2-6H3/t19-,21?,22?,23?,24?,27-,28-,29?/m1/s1. The molecule has 3 saturated carbocycles. The van der Waals surface area contributed by atoms with Crippen molar-refractivity contribution < 1.29 is 19.7 Å². The summed E-state index contributed by atoms with van der Waals surface area (Å²) in [5.41, 5.74) is 0.302. The number of hydrogen-bond donors (Lipinski definition) is 1. The minimum absolute atomic E-state index is 0.113. The number of fused-ring (bicyclic) bond motifs is 5. The molecule has 0 amide bonds. The fourth-order valence-corrected chi connectivity index (χ4v) is 8.83. The molecule has 0 aromatic rings. The highest BCUT2D eigenvalue weighted by molar-refractivity contribution is 6.05. The fourth-order valence-electron chi connectivity index (χ4n) is 8.83. The van der Waals surface area contributed by atoms with Crippen LogP contribution in [0.15, 0.2) is 24.3 Å². The first-order chi connectivity index (χ1) is 15.5. The quantitative estimate of drug-likeness (QED) is 0.260. The summed E-state index contributed by atoms with van der Waals surface area (Å²) in [6, 6.07) is 0. The maximum Gasteiger partial charge on any atom is 0.159 e. The van der Waals surface area contributed by atoms with E-state index < -0.39 is 5.60 Å². The van der Waals surface area contributed by atoms with E-state index >= 15 is 0 Å². The van der Waals surface area contributed by atoms with E-state index in [9.17, 15) is 14.8 Å². The molecule has 5 unspecified atom stereocenters. The molecular weight excluding hydrogens is 412 g/mol. The van der Waals surface area contributed by atoms with Crippen molar-refractivity contribution in [1.29, 1.82) is 0 Å². The van der Waals surface area contributed by atoms with Crippen molar-refractivity contribution in [3.63, 3.8) is 0 Å². The van der Waals surface area contributed by atoms with Crippen molar-refractivity contribution in [1.82, 2.24) is 0 Å². The first-order valence-electron chi connectivity index (χ1n) is 13.3. The molecule has 0 spiro atoms. The molecule has 4 aliphatic carbocycles. The zero-order valence-corrected chi connectivity index (χ0v) is 21.4. The molecule has 0 aromatic heterocycles. The molecule has 0 aliphatic heterocycles. The SMILES string of the molecule is C=CC(CC[C@@H](C)C1CCC2C3CC(=O)C4=CC(=O)CC[C@]4(C)C3CC[C@@]21C)(OO)C(C)C. The highest BCUT2D eigenvalue weighted by Crippen LogP contribution is 2.67. The van der Waals surface area contributed by atoms with Crippen LogP contribution in [0, 0.1) is 46.3 Å². The second-order valence-corrected chi connectivity index (χ2v) is 12.6. The minimum atomic E-state index is -0.684. The largest absolute Gasteiger partial charge is 0.295 e. The molecule has 4 rings (SSSR count). The molecule has 4 heteroatoms. The number of carbonyl (C=O) groups excluding carboxylic acids is 2. The normalized spacial score (nSPS) is 41.0. The second-order valence-electron chi connectivity index (χ2n) is 12.6. The van der Waals surface area contributed by atoms with Crippen LogP contribution < -0.4 is 0 Å². The van der Waals surface area contributed by atoms with Crippen molar-refractivity contribution in [2.24, 2.45) is 46.3 Å². The van der Waals surface area contributed by atoms with Gasteiger partial charge in [0, 0.05) is 18.4 Å². The first kappa shape index (κ1) is 24.9. The molecular formula is C29H44O4. The molecule has 184 valence electrons. The van der Waals surface area contributed by atoms with Gasteiger partial charge in [-0.1, -0.05) is 40.7 Å². The van der Waals surface area contributed by atoms with Crippen molar-refractivity contribution in [3.8, 4) is 0 Å². The lowest BCUT2D eigenvalue weighted by Gasteiger charge is -2.58. The molecule has 0 radical (unpaired) electrons. The molecule has 1 N–H and O–H groups in total. The van der Waals surface area contributed by atoms with Gasteiger partial charge in [0.15, 0.2) is 11.6 Å². The van der Waals surface area contributed by atoms with E-state index in [1.165, 1.54) is 25.7 Å². The average Bonchev–Trinajstić information content (AvgIpc) is 3.13. The lowest BCUT2D eigenvalue weighted by molar-refractivity contribution is -0.321. The molecule has 0 aromatic carbocycles. The van der Waals surface area contributed by atoms with E-state index in [4.69, 9.17) is 4.89 Å². The monoisotopic (exact) mass is 456 g/mol. The van der Waals surface area contributed by atoms with Gasteiger partial charge in [0.25, 0.3) is 0 Å². The van der Waals surface area contributed by atoms with Gasteiger partial charge < -0.3 is 0 Å². The summed E-state index contributed by atoms with van der Waals surface area (Å²) < 4.78 is 0. The van der Waals surface area contributed by atoms with Gasteiger partial charge in [0.05, 0.1) is 0 Å². The third-order valence-electron chi connectivity index (χ3n) is 11.0. The van der Waals surface area contributed by atoms with Gasteiger partial charge in [-0.05, 0) is 97.4 Å². The Labute approximate surface area is 200 Å². The average molecular weight is 457 g/mol. The summed E-state index contributed by atoms with van der Waals surface area (Å²) in [7, 11) is 0. The topological polar surface area (TPSA) is 63.6 Å². The smallest absolute Gasteiger partial charge is 0.159 e. The van der Waals surface area contributed by atoms with Crippen LogP contribution in [0.4, 0.5) is 0 Å². The van der Waals surface area contributed by atoms with Crippen LogP contribution in [0.1, 0.15) is 92.4 Å². The summed E-state index contributed by atoms with van der Waals surface area (Å²) >= 11 is 0. The molecule has 4 aliphatic rings. The minimum Gasteiger partial charge on any atom is -0.295 e. The van der Waals surface area contributed by atoms with E-state index in [0.717, 1.165) is 24.8 Å². The summed E-state index contributed by atoms with van der Waals surface area (Å²) in [5.74, 6) is 3.26. The molecule has 33 heavy (non-hydrogen) atoms. The molecule has 3 fully saturated rings. The summed E-state index contributed by atoms with van der Waals surface area (Å²) in [6.45, 7) is 15.2. The van der Waals surface area contributed by atoms with Gasteiger partial charge in [-0.15, -0.1) is 6.58 Å². The molecule has 4 nitrogen and oxygen atoms in total. The van der Waals surface area contributed by atoms with Crippen LogP contribution >= 0.6 is 0 Å². The number of hydrogen-bond acceptors (Lipinski definition) is 4. The Morgan fingerprint density at radius 3 is 2.55 bits per heavy atom. The number of Topliss-reactive ketones (excluding diaryl/α,β-unsaturated/α-hetero) is 1. The number of rotatable bonds is 7. The molecule has 0 bridgehead atoms. The second kappa shape index (κ2) is 8.75. The van der Waals surface area contributed by atoms with Crippen LogP contribution in [0.5, 0.6) is 0 Å². The van der Waals surface area contributed by atoms with Gasteiger partial charge in [-0.25, -0.2) is 4.89 Å². The number of ketones is 2. The summed E-state index contributed by atoms with van der Waals surface area (Å²) in [6.07, 6.45) is 12.1. The van der Waals surface area contributed by atoms with Crippen molar-refractivity contribution in [3.05, 3.63) is 24.3 Å². The Morgan fingerprint density at radius 1 is 1.18 bits per heavy atom. The van der Waals surface area contributed by atoms with E-state index in [0.29, 0.717) is 42.4 Å². The van der Waals surface area contributed by atoms with Gasteiger partial charge in [-0.3, -0.25) is 14.8 Å². The van der Waals surface area contributed by atoms with Crippen LogP contribution in [0.25, 0.3) is 0 Å². The highest BCUT2D eigenvalue weighted by Gasteiger charge is 2.61. The molecule has 0 heterocycles. The van der Waals surface area contributed by atoms with Gasteiger partial charge in [0.2, 0.25) is 0 Å². The predicted molar refractivity (Wildman–Crippen MR) is 130 cm³/mol. The van der Waals surface area contributed by atoms with Crippen LogP contribution in [-0.4, -0.2) is 22.4 Å². The lowest BCUT2D eigenvalue weighted by Crippen LogP contribution is -2.53. The Kier molecular flexibility index (Phi) is 6.59. The zero-order valence-electron chi connectivity index (χ0n) is 21.4. The Morgan fingerprint density at radius 2 is 1.91 bits per heavy atom. The molecule has 0 saturated heterocycles. The zero-order chi connectivity index (χ0) is 24.2. The highest BCUT2D eigenvalue weighted by atomic mass is 17.1. The Bertz CT molecular complexity index is 843. The fraction of sp³-hybridized carbons (Fsp3) is 0.793. The van der Waals surface area contributed by atoms with Crippen LogP contribution in [-0.2, 0) is 14.5 Å². The first-order valence-corrected chi connectivity index (χ1v) is 13.3. The summed E-state index contributed by atoms with van der Waals surface area (Å²) in [4.78, 5) is 30.3. The Hall–Kier alpha value is -1.26. The van der Waals surface area contributed by atoms with Crippen molar-refractivity contribution >= 4 is 11.6 Å². The maximum absolute atomic E-state index is 13.2. The van der Waals surface area contributed by atoms with Crippen molar-refractivity contribution in [2.75, 3.05) is 0 Å². The van der Waals surface area contributed by atoms with Crippen LogP contribution in [0.3, 0.4) is 0 Å². The third kappa shape index (κ3) is 3.80. The van der Waals surface area contributed by atoms with Gasteiger partial charge >= 0.3 is 0 Å². The number of allylic oxidation sites excluding steroid dienone is 1. The number of carbonyl (C=O) groups is 2. The van der Waals surface area contributed by atoms with E-state index in [-0.39, 0.29) is 28.3 Å². The molecule has 8 atom stereocenters. The Balaban J connectivity index is 1.52. The van der Waals surface area contributed by atoms with E-state index in [1.807, 2.05) is 0 Å². The summed E-state index contributed by atoms with van der Waals surface area (Å²) in [5, 5.41) is 9.62. The van der Waals surface area contributed by atoms with Crippen molar-refractivity contribution in [2.45, 2.75) is 98.0 Å². The third-order valence-corrected chi connectivity index (χ3v) is 11.0. The van der Waals surface area contributed by atoms with E-state index in [1.54, 1.807) is 12.2 Å². The van der Waals surface area contributed by atoms with E-state index in [2.05, 4.69) is 41.2 Å².